The molecule has 2 fully saturated rings. The van der Waals surface area contributed by atoms with Crippen LogP contribution in [0.15, 0.2) is 24.3 Å². The Morgan fingerprint density at radius 2 is 1.84 bits per heavy atom. The summed E-state index contributed by atoms with van der Waals surface area (Å²) in [6, 6.07) is 9.04. The highest BCUT2D eigenvalue weighted by Crippen LogP contribution is 2.32. The van der Waals surface area contributed by atoms with Gasteiger partial charge in [0.1, 0.15) is 0 Å². The summed E-state index contributed by atoms with van der Waals surface area (Å²) in [7, 11) is 0. The zero-order valence-electron chi connectivity index (χ0n) is 12.1. The van der Waals surface area contributed by atoms with Gasteiger partial charge in [0, 0.05) is 18.6 Å². The molecule has 1 aromatic carbocycles. The summed E-state index contributed by atoms with van der Waals surface area (Å²) < 4.78 is 0. The Morgan fingerprint density at radius 3 is 2.58 bits per heavy atom. The van der Waals surface area contributed by atoms with Crippen LogP contribution >= 0.6 is 0 Å². The summed E-state index contributed by atoms with van der Waals surface area (Å²) >= 11 is 0. The molecule has 1 saturated heterocycles. The van der Waals surface area contributed by atoms with Gasteiger partial charge in [0.15, 0.2) is 0 Å². The van der Waals surface area contributed by atoms with Crippen molar-refractivity contribution in [3.05, 3.63) is 35.4 Å². The van der Waals surface area contributed by atoms with Crippen LogP contribution in [0.3, 0.4) is 0 Å². The maximum absolute atomic E-state index is 3.84. The Morgan fingerprint density at radius 1 is 1.11 bits per heavy atom. The van der Waals surface area contributed by atoms with E-state index in [-0.39, 0.29) is 0 Å². The predicted molar refractivity (Wildman–Crippen MR) is 80.3 cm³/mol. The summed E-state index contributed by atoms with van der Waals surface area (Å²) in [4.78, 5) is 2.66. The maximum Gasteiger partial charge on any atom is 0.0308 e. The van der Waals surface area contributed by atoms with Gasteiger partial charge in [-0.1, -0.05) is 42.7 Å². The van der Waals surface area contributed by atoms with Crippen molar-refractivity contribution < 1.29 is 0 Å². The van der Waals surface area contributed by atoms with E-state index in [9.17, 15) is 0 Å². The topological polar surface area (TPSA) is 15.3 Å². The van der Waals surface area contributed by atoms with Gasteiger partial charge < -0.3 is 5.32 Å². The number of benzene rings is 1. The van der Waals surface area contributed by atoms with Crippen LogP contribution in [0, 0.1) is 6.92 Å². The fourth-order valence-corrected chi connectivity index (χ4v) is 3.69. The van der Waals surface area contributed by atoms with E-state index in [1.54, 1.807) is 0 Å². The van der Waals surface area contributed by atoms with E-state index in [2.05, 4.69) is 41.4 Å². The van der Waals surface area contributed by atoms with Crippen LogP contribution in [0.4, 0.5) is 0 Å². The SMILES string of the molecule is Cc1ccc(CN2CCCNC3(CCCC3)C2)cc1. The predicted octanol–water partition coefficient (Wildman–Crippen LogP) is 3.10. The van der Waals surface area contributed by atoms with Crippen molar-refractivity contribution in [2.45, 2.75) is 51.1 Å². The van der Waals surface area contributed by atoms with E-state index < -0.39 is 0 Å². The molecule has 0 atom stereocenters. The molecule has 104 valence electrons. The first-order chi connectivity index (χ1) is 9.26. The molecule has 1 spiro atoms. The van der Waals surface area contributed by atoms with E-state index >= 15 is 0 Å². The van der Waals surface area contributed by atoms with Gasteiger partial charge in [0.2, 0.25) is 0 Å². The van der Waals surface area contributed by atoms with Gasteiger partial charge in [0.25, 0.3) is 0 Å². The van der Waals surface area contributed by atoms with E-state index in [1.807, 2.05) is 0 Å². The first-order valence-corrected chi connectivity index (χ1v) is 7.79. The molecule has 0 radical (unpaired) electrons. The van der Waals surface area contributed by atoms with Crippen molar-refractivity contribution in [3.63, 3.8) is 0 Å². The minimum Gasteiger partial charge on any atom is -0.310 e. The van der Waals surface area contributed by atoms with Crippen LogP contribution in [0.1, 0.15) is 43.2 Å². The van der Waals surface area contributed by atoms with Crippen LogP contribution in [-0.2, 0) is 6.54 Å². The second-order valence-corrected chi connectivity index (χ2v) is 6.46. The van der Waals surface area contributed by atoms with Crippen LogP contribution in [-0.4, -0.2) is 30.1 Å². The van der Waals surface area contributed by atoms with Gasteiger partial charge in [-0.15, -0.1) is 0 Å². The highest BCUT2D eigenvalue weighted by atomic mass is 15.2. The van der Waals surface area contributed by atoms with E-state index in [4.69, 9.17) is 0 Å². The molecule has 0 amide bonds. The van der Waals surface area contributed by atoms with Crippen LogP contribution in [0.2, 0.25) is 0 Å². The summed E-state index contributed by atoms with van der Waals surface area (Å²) in [6.45, 7) is 6.95. The van der Waals surface area contributed by atoms with E-state index in [0.29, 0.717) is 5.54 Å². The number of nitrogens with one attached hydrogen (secondary N) is 1. The summed E-state index contributed by atoms with van der Waals surface area (Å²) in [5.74, 6) is 0. The van der Waals surface area contributed by atoms with Crippen molar-refractivity contribution in [1.82, 2.24) is 10.2 Å². The standard InChI is InChI=1S/C17H26N2/c1-15-5-7-16(8-6-15)13-19-12-4-11-18-17(14-19)9-2-3-10-17/h5-8,18H,2-4,9-14H2,1H3. The summed E-state index contributed by atoms with van der Waals surface area (Å²) in [5, 5.41) is 3.84. The molecule has 19 heavy (non-hydrogen) atoms. The number of hydrogen-bond acceptors (Lipinski definition) is 2. The second kappa shape index (κ2) is 5.64. The Balaban J connectivity index is 1.67. The number of nitrogens with zero attached hydrogens (tertiary/aromatic N) is 1. The van der Waals surface area contributed by atoms with Crippen LogP contribution < -0.4 is 5.32 Å². The van der Waals surface area contributed by atoms with Gasteiger partial charge >= 0.3 is 0 Å². The molecular weight excluding hydrogens is 232 g/mol. The molecule has 1 aliphatic heterocycles. The minimum absolute atomic E-state index is 0.432. The molecule has 0 bridgehead atoms. The third kappa shape index (κ3) is 3.18. The molecule has 1 heterocycles. The van der Waals surface area contributed by atoms with Gasteiger partial charge in [-0.25, -0.2) is 0 Å². The Labute approximate surface area is 117 Å². The van der Waals surface area contributed by atoms with E-state index in [1.165, 1.54) is 62.9 Å². The largest absolute Gasteiger partial charge is 0.310 e. The van der Waals surface area contributed by atoms with Gasteiger partial charge in [0.05, 0.1) is 0 Å². The van der Waals surface area contributed by atoms with Crippen LogP contribution in [0.5, 0.6) is 0 Å². The summed E-state index contributed by atoms with van der Waals surface area (Å²) in [6.07, 6.45) is 6.85. The molecule has 0 unspecified atom stereocenters. The quantitative estimate of drug-likeness (QED) is 0.877. The lowest BCUT2D eigenvalue weighted by Crippen LogP contribution is -2.49. The Bertz CT molecular complexity index is 404. The van der Waals surface area contributed by atoms with Crippen molar-refractivity contribution in [1.29, 1.82) is 0 Å². The average Bonchev–Trinajstić information content (AvgIpc) is 2.76. The van der Waals surface area contributed by atoms with Gasteiger partial charge in [-0.2, -0.15) is 0 Å². The normalized spacial score (nSPS) is 23.6. The van der Waals surface area contributed by atoms with Crippen molar-refractivity contribution >= 4 is 0 Å². The molecule has 1 aromatic rings. The zero-order chi connectivity index (χ0) is 13.1. The number of aryl methyl sites for hydroxylation is 1. The lowest BCUT2D eigenvalue weighted by molar-refractivity contribution is 0.203. The van der Waals surface area contributed by atoms with Gasteiger partial charge in [-0.05, 0) is 44.8 Å². The van der Waals surface area contributed by atoms with Crippen molar-refractivity contribution in [3.8, 4) is 0 Å². The Kier molecular flexibility index (Phi) is 3.90. The maximum atomic E-state index is 3.84. The number of rotatable bonds is 2. The first kappa shape index (κ1) is 13.1. The Hall–Kier alpha value is -0.860. The lowest BCUT2D eigenvalue weighted by atomic mass is 9.97. The number of hydrogen-bond donors (Lipinski definition) is 1. The smallest absolute Gasteiger partial charge is 0.0308 e. The molecule has 0 aromatic heterocycles. The third-order valence-electron chi connectivity index (χ3n) is 4.76. The highest BCUT2D eigenvalue weighted by molar-refractivity contribution is 5.21. The van der Waals surface area contributed by atoms with Crippen molar-refractivity contribution in [2.24, 2.45) is 0 Å². The molecule has 1 saturated carbocycles. The average molecular weight is 258 g/mol. The van der Waals surface area contributed by atoms with Gasteiger partial charge in [-0.3, -0.25) is 4.90 Å². The molecule has 1 N–H and O–H groups in total. The first-order valence-electron chi connectivity index (χ1n) is 7.79. The third-order valence-corrected chi connectivity index (χ3v) is 4.76. The van der Waals surface area contributed by atoms with E-state index in [0.717, 1.165) is 6.54 Å². The fraction of sp³-hybridized carbons (Fsp3) is 0.647. The molecular formula is C17H26N2. The molecule has 2 nitrogen and oxygen atoms in total. The zero-order valence-corrected chi connectivity index (χ0v) is 12.1. The fourth-order valence-electron chi connectivity index (χ4n) is 3.69. The molecule has 2 heteroatoms. The monoisotopic (exact) mass is 258 g/mol. The summed E-state index contributed by atoms with van der Waals surface area (Å²) in [5.41, 5.74) is 3.25. The molecule has 1 aliphatic carbocycles. The minimum atomic E-state index is 0.432. The van der Waals surface area contributed by atoms with Crippen LogP contribution in [0.25, 0.3) is 0 Å². The van der Waals surface area contributed by atoms with Crippen molar-refractivity contribution in [2.75, 3.05) is 19.6 Å². The lowest BCUT2D eigenvalue weighted by Gasteiger charge is -2.33. The highest BCUT2D eigenvalue weighted by Gasteiger charge is 2.36. The molecule has 2 aliphatic rings. The second-order valence-electron chi connectivity index (χ2n) is 6.46. The molecule has 3 rings (SSSR count).